The number of carbonyl (C=O) groups is 2. The van der Waals surface area contributed by atoms with Gasteiger partial charge in [-0.25, -0.2) is 9.37 Å². The zero-order valence-electron chi connectivity index (χ0n) is 13.5. The molecule has 1 aromatic carbocycles. The first-order chi connectivity index (χ1) is 11.4. The van der Waals surface area contributed by atoms with Crippen LogP contribution in [-0.4, -0.2) is 39.5 Å². The van der Waals surface area contributed by atoms with Crippen molar-refractivity contribution in [3.63, 3.8) is 0 Å². The van der Waals surface area contributed by atoms with Crippen molar-refractivity contribution in [3.05, 3.63) is 42.0 Å². The maximum Gasteiger partial charge on any atom is 0.305 e. The number of carboxylic acid groups (broad SMARTS) is 1. The summed E-state index contributed by atoms with van der Waals surface area (Å²) in [6, 6.07) is 5.58. The molecule has 128 valence electrons. The Morgan fingerprint density at radius 1 is 1.29 bits per heavy atom. The molecule has 0 bridgehead atoms. The summed E-state index contributed by atoms with van der Waals surface area (Å²) < 4.78 is 18.3. The van der Waals surface area contributed by atoms with Gasteiger partial charge in [0.2, 0.25) is 11.8 Å². The van der Waals surface area contributed by atoms with Gasteiger partial charge in [-0.15, -0.1) is 0 Å². The molecule has 2 rings (SSSR count). The number of aromatic nitrogens is 1. The standard InChI is InChI=1S/C17H19FN2O4/c1-11(2)20(8-7-16(22)23)15(21)9-14-10-24-17(19-14)12-3-5-13(18)6-4-12/h3-6,10-11H,7-9H2,1-2H3,(H,22,23). The molecule has 0 fully saturated rings. The van der Waals surface area contributed by atoms with Gasteiger partial charge in [-0.05, 0) is 38.1 Å². The molecule has 0 radical (unpaired) electrons. The van der Waals surface area contributed by atoms with Crippen molar-refractivity contribution in [2.75, 3.05) is 6.54 Å². The Bertz CT molecular complexity index is 710. The maximum absolute atomic E-state index is 12.9. The minimum absolute atomic E-state index is 0.0164. The normalized spacial score (nSPS) is 10.8. The highest BCUT2D eigenvalue weighted by molar-refractivity contribution is 5.79. The second-order valence-corrected chi connectivity index (χ2v) is 5.65. The summed E-state index contributed by atoms with van der Waals surface area (Å²) in [5.74, 6) is -1.22. The van der Waals surface area contributed by atoms with Gasteiger partial charge in [-0.1, -0.05) is 0 Å². The fraction of sp³-hybridized carbons (Fsp3) is 0.353. The second kappa shape index (κ2) is 7.72. The summed E-state index contributed by atoms with van der Waals surface area (Å²) in [4.78, 5) is 28.8. The minimum Gasteiger partial charge on any atom is -0.481 e. The number of amides is 1. The summed E-state index contributed by atoms with van der Waals surface area (Å²) in [7, 11) is 0. The Balaban J connectivity index is 2.05. The largest absolute Gasteiger partial charge is 0.481 e. The summed E-state index contributed by atoms with van der Waals surface area (Å²) in [5.41, 5.74) is 1.06. The number of aliphatic carboxylic acids is 1. The number of benzene rings is 1. The molecule has 0 aliphatic carbocycles. The average Bonchev–Trinajstić information content (AvgIpc) is 2.95. The van der Waals surface area contributed by atoms with Gasteiger partial charge in [0.1, 0.15) is 12.1 Å². The van der Waals surface area contributed by atoms with E-state index in [1.54, 1.807) is 12.1 Å². The monoisotopic (exact) mass is 334 g/mol. The van der Waals surface area contributed by atoms with Crippen LogP contribution in [0, 0.1) is 5.82 Å². The van der Waals surface area contributed by atoms with Gasteiger partial charge in [0.05, 0.1) is 18.5 Å². The summed E-state index contributed by atoms with van der Waals surface area (Å²) >= 11 is 0. The van der Waals surface area contributed by atoms with Crippen LogP contribution in [0.2, 0.25) is 0 Å². The van der Waals surface area contributed by atoms with Crippen molar-refractivity contribution in [2.24, 2.45) is 0 Å². The van der Waals surface area contributed by atoms with Crippen molar-refractivity contribution in [1.82, 2.24) is 9.88 Å². The van der Waals surface area contributed by atoms with Gasteiger partial charge in [-0.3, -0.25) is 9.59 Å². The van der Waals surface area contributed by atoms with Gasteiger partial charge in [0.25, 0.3) is 0 Å². The van der Waals surface area contributed by atoms with Crippen molar-refractivity contribution in [3.8, 4) is 11.5 Å². The molecule has 0 aliphatic heterocycles. The van der Waals surface area contributed by atoms with Crippen LogP contribution in [0.1, 0.15) is 26.0 Å². The first-order valence-corrected chi connectivity index (χ1v) is 7.58. The molecule has 2 aromatic rings. The van der Waals surface area contributed by atoms with Crippen LogP contribution in [-0.2, 0) is 16.0 Å². The third kappa shape index (κ3) is 4.65. The molecule has 1 amide bonds. The number of rotatable bonds is 7. The first kappa shape index (κ1) is 17.7. The number of hydrogen-bond donors (Lipinski definition) is 1. The van der Waals surface area contributed by atoms with E-state index in [4.69, 9.17) is 9.52 Å². The van der Waals surface area contributed by atoms with E-state index in [9.17, 15) is 14.0 Å². The molecule has 0 atom stereocenters. The fourth-order valence-electron chi connectivity index (χ4n) is 2.26. The van der Waals surface area contributed by atoms with Crippen LogP contribution < -0.4 is 0 Å². The Morgan fingerprint density at radius 2 is 1.96 bits per heavy atom. The topological polar surface area (TPSA) is 83.6 Å². The first-order valence-electron chi connectivity index (χ1n) is 7.58. The number of carbonyl (C=O) groups excluding carboxylic acids is 1. The van der Waals surface area contributed by atoms with E-state index < -0.39 is 5.97 Å². The molecular weight excluding hydrogens is 315 g/mol. The lowest BCUT2D eigenvalue weighted by Crippen LogP contribution is -2.39. The molecule has 0 unspecified atom stereocenters. The molecule has 24 heavy (non-hydrogen) atoms. The van der Waals surface area contributed by atoms with E-state index in [0.717, 1.165) is 0 Å². The van der Waals surface area contributed by atoms with Crippen LogP contribution >= 0.6 is 0 Å². The molecule has 1 aromatic heterocycles. The summed E-state index contributed by atoms with van der Waals surface area (Å²) in [6.45, 7) is 3.80. The average molecular weight is 334 g/mol. The predicted octanol–water partition coefficient (Wildman–Crippen LogP) is 2.73. The molecule has 1 heterocycles. The second-order valence-electron chi connectivity index (χ2n) is 5.65. The van der Waals surface area contributed by atoms with Crippen molar-refractivity contribution in [2.45, 2.75) is 32.7 Å². The quantitative estimate of drug-likeness (QED) is 0.842. The number of halogens is 1. The molecule has 0 spiro atoms. The highest BCUT2D eigenvalue weighted by Crippen LogP contribution is 2.19. The summed E-state index contributed by atoms with van der Waals surface area (Å²) in [5, 5.41) is 8.77. The highest BCUT2D eigenvalue weighted by atomic mass is 19.1. The van der Waals surface area contributed by atoms with Crippen LogP contribution in [0.3, 0.4) is 0 Å². The van der Waals surface area contributed by atoms with E-state index in [-0.39, 0.29) is 37.2 Å². The fourth-order valence-corrected chi connectivity index (χ4v) is 2.26. The Morgan fingerprint density at radius 3 is 2.54 bits per heavy atom. The van der Waals surface area contributed by atoms with E-state index >= 15 is 0 Å². The molecule has 7 heteroatoms. The summed E-state index contributed by atoms with van der Waals surface area (Å²) in [6.07, 6.45) is 1.29. The van der Waals surface area contributed by atoms with Crippen LogP contribution in [0.4, 0.5) is 4.39 Å². The van der Waals surface area contributed by atoms with Gasteiger partial charge >= 0.3 is 5.97 Å². The van der Waals surface area contributed by atoms with Gasteiger partial charge in [-0.2, -0.15) is 0 Å². The molecule has 6 nitrogen and oxygen atoms in total. The Hall–Kier alpha value is -2.70. The van der Waals surface area contributed by atoms with Gasteiger partial charge in [0.15, 0.2) is 0 Å². The lowest BCUT2D eigenvalue weighted by atomic mass is 10.2. The third-order valence-electron chi connectivity index (χ3n) is 3.49. The van der Waals surface area contributed by atoms with Gasteiger partial charge < -0.3 is 14.4 Å². The number of oxazole rings is 1. The molecule has 1 N–H and O–H groups in total. The zero-order chi connectivity index (χ0) is 17.7. The Labute approximate surface area is 138 Å². The number of nitrogens with zero attached hydrogens (tertiary/aromatic N) is 2. The van der Waals surface area contributed by atoms with E-state index in [1.165, 1.54) is 23.3 Å². The molecular formula is C17H19FN2O4. The number of carboxylic acids is 1. The molecule has 0 saturated heterocycles. The molecule has 0 saturated carbocycles. The van der Waals surface area contributed by atoms with E-state index in [0.29, 0.717) is 17.1 Å². The van der Waals surface area contributed by atoms with E-state index in [2.05, 4.69) is 4.98 Å². The lowest BCUT2D eigenvalue weighted by Gasteiger charge is -2.25. The predicted molar refractivity (Wildman–Crippen MR) is 84.7 cm³/mol. The minimum atomic E-state index is -0.950. The zero-order valence-corrected chi connectivity index (χ0v) is 13.5. The molecule has 0 aliphatic rings. The van der Waals surface area contributed by atoms with Crippen LogP contribution in [0.25, 0.3) is 11.5 Å². The van der Waals surface area contributed by atoms with E-state index in [1.807, 2.05) is 13.8 Å². The van der Waals surface area contributed by atoms with Crippen molar-refractivity contribution < 1.29 is 23.5 Å². The van der Waals surface area contributed by atoms with Gasteiger partial charge in [0, 0.05) is 18.2 Å². The lowest BCUT2D eigenvalue weighted by molar-refractivity contribution is -0.139. The SMILES string of the molecule is CC(C)N(CCC(=O)O)C(=O)Cc1coc(-c2ccc(F)cc2)n1. The maximum atomic E-state index is 12.9. The third-order valence-corrected chi connectivity index (χ3v) is 3.49. The van der Waals surface area contributed by atoms with Crippen LogP contribution in [0.15, 0.2) is 34.9 Å². The Kier molecular flexibility index (Phi) is 5.68. The van der Waals surface area contributed by atoms with Crippen molar-refractivity contribution in [1.29, 1.82) is 0 Å². The highest BCUT2D eigenvalue weighted by Gasteiger charge is 2.20. The number of hydrogen-bond acceptors (Lipinski definition) is 4. The smallest absolute Gasteiger partial charge is 0.305 e. The van der Waals surface area contributed by atoms with Crippen molar-refractivity contribution >= 4 is 11.9 Å². The van der Waals surface area contributed by atoms with Crippen LogP contribution in [0.5, 0.6) is 0 Å².